The van der Waals surface area contributed by atoms with E-state index in [0.717, 1.165) is 53.8 Å². The zero-order chi connectivity index (χ0) is 20.7. The maximum atomic E-state index is 13.5. The molecule has 1 N–H and O–H groups in total. The number of halogens is 1. The summed E-state index contributed by atoms with van der Waals surface area (Å²) in [6.45, 7) is 0. The van der Waals surface area contributed by atoms with Crippen molar-refractivity contribution in [3.05, 3.63) is 70.4 Å². The van der Waals surface area contributed by atoms with Gasteiger partial charge in [0.25, 0.3) is 5.91 Å². The third-order valence-corrected chi connectivity index (χ3v) is 6.68. The lowest BCUT2D eigenvalue weighted by atomic mass is 9.91. The van der Waals surface area contributed by atoms with Gasteiger partial charge in [-0.3, -0.25) is 9.89 Å². The Bertz CT molecular complexity index is 1070. The molecule has 0 saturated heterocycles. The molecule has 1 fully saturated rings. The number of aromatic nitrogens is 2. The van der Waals surface area contributed by atoms with Crippen molar-refractivity contribution < 1.29 is 9.53 Å². The Morgan fingerprint density at radius 1 is 1.07 bits per heavy atom. The molecule has 2 heterocycles. The first-order chi connectivity index (χ1) is 14.7. The molecule has 1 atom stereocenters. The van der Waals surface area contributed by atoms with Crippen LogP contribution < -0.4 is 4.74 Å². The summed E-state index contributed by atoms with van der Waals surface area (Å²) in [6, 6.07) is 15.6. The molecule has 1 aliphatic heterocycles. The zero-order valence-electron chi connectivity index (χ0n) is 16.9. The minimum atomic E-state index is -0.236. The highest BCUT2D eigenvalue weighted by atomic mass is 35.5. The maximum absolute atomic E-state index is 13.5. The molecule has 1 unspecified atom stereocenters. The largest absolute Gasteiger partial charge is 0.497 e. The number of amides is 1. The Hall–Kier alpha value is -2.79. The Morgan fingerprint density at radius 2 is 1.80 bits per heavy atom. The number of H-pyrrole nitrogens is 1. The van der Waals surface area contributed by atoms with E-state index < -0.39 is 0 Å². The number of carbonyl (C=O) groups excluding carboxylic acids is 1. The van der Waals surface area contributed by atoms with Crippen LogP contribution in [0.15, 0.2) is 48.5 Å². The topological polar surface area (TPSA) is 58.2 Å². The number of carbonyl (C=O) groups is 1. The van der Waals surface area contributed by atoms with Crippen molar-refractivity contribution in [2.75, 3.05) is 7.11 Å². The smallest absolute Gasteiger partial charge is 0.273 e. The highest BCUT2D eigenvalue weighted by Crippen LogP contribution is 2.47. The van der Waals surface area contributed by atoms with E-state index >= 15 is 0 Å². The number of methoxy groups -OCH3 is 1. The summed E-state index contributed by atoms with van der Waals surface area (Å²) in [4.78, 5) is 15.6. The Kier molecular flexibility index (Phi) is 4.99. The fourth-order valence-corrected chi connectivity index (χ4v) is 5.11. The second-order valence-electron chi connectivity index (χ2n) is 8.02. The lowest BCUT2D eigenvalue weighted by Gasteiger charge is -2.36. The fourth-order valence-electron chi connectivity index (χ4n) is 4.87. The van der Waals surface area contributed by atoms with Gasteiger partial charge in [-0.05, 0) is 48.7 Å². The molecule has 1 amide bonds. The molecule has 3 aromatic rings. The predicted octanol–water partition coefficient (Wildman–Crippen LogP) is 5.62. The molecular formula is C24H24ClN3O2. The van der Waals surface area contributed by atoms with Gasteiger partial charge in [0.05, 0.1) is 18.8 Å². The van der Waals surface area contributed by atoms with Crippen LogP contribution in [0.4, 0.5) is 0 Å². The first-order valence-corrected chi connectivity index (χ1v) is 10.9. The summed E-state index contributed by atoms with van der Waals surface area (Å²) >= 11 is 6.64. The molecule has 5 nitrogen and oxygen atoms in total. The summed E-state index contributed by atoms with van der Waals surface area (Å²) in [5.74, 6) is 0.808. The van der Waals surface area contributed by atoms with Gasteiger partial charge in [-0.15, -0.1) is 0 Å². The Morgan fingerprint density at radius 3 is 2.50 bits per heavy atom. The second-order valence-corrected chi connectivity index (χ2v) is 8.42. The van der Waals surface area contributed by atoms with Gasteiger partial charge < -0.3 is 9.64 Å². The van der Waals surface area contributed by atoms with E-state index in [1.165, 1.54) is 6.42 Å². The molecule has 0 bridgehead atoms. The Labute approximate surface area is 181 Å². The van der Waals surface area contributed by atoms with Crippen molar-refractivity contribution >= 4 is 17.5 Å². The first kappa shape index (κ1) is 19.2. The summed E-state index contributed by atoms with van der Waals surface area (Å²) in [5.41, 5.74) is 4.20. The van der Waals surface area contributed by atoms with Crippen molar-refractivity contribution in [1.82, 2.24) is 15.1 Å². The highest BCUT2D eigenvalue weighted by Gasteiger charge is 2.45. The molecule has 5 rings (SSSR count). The van der Waals surface area contributed by atoms with Gasteiger partial charge in [0.2, 0.25) is 0 Å². The van der Waals surface area contributed by atoms with Crippen LogP contribution in [0.1, 0.15) is 59.8 Å². The lowest BCUT2D eigenvalue weighted by molar-refractivity contribution is 0.0606. The van der Waals surface area contributed by atoms with E-state index in [-0.39, 0.29) is 18.0 Å². The van der Waals surface area contributed by atoms with E-state index in [2.05, 4.69) is 15.1 Å². The van der Waals surface area contributed by atoms with Gasteiger partial charge in [0.15, 0.2) is 0 Å². The molecule has 1 aliphatic carbocycles. The number of nitrogens with zero attached hydrogens (tertiary/aromatic N) is 2. The van der Waals surface area contributed by atoms with Crippen LogP contribution in [0, 0.1) is 0 Å². The maximum Gasteiger partial charge on any atom is 0.273 e. The van der Waals surface area contributed by atoms with Gasteiger partial charge in [-0.1, -0.05) is 49.1 Å². The van der Waals surface area contributed by atoms with E-state index in [0.29, 0.717) is 10.7 Å². The molecule has 6 heteroatoms. The number of fused-ring (bicyclic) bond motifs is 1. The zero-order valence-corrected chi connectivity index (χ0v) is 17.7. The van der Waals surface area contributed by atoms with Crippen LogP contribution in [0.2, 0.25) is 5.02 Å². The van der Waals surface area contributed by atoms with Gasteiger partial charge in [-0.2, -0.15) is 5.10 Å². The van der Waals surface area contributed by atoms with Crippen molar-refractivity contribution in [2.45, 2.75) is 44.2 Å². The standard InChI is InChI=1S/C24H24ClN3O2/c1-30-17-13-11-15(12-14-17)21-20-22(27-26-21)24(29)28(16-7-3-2-4-8-16)23(20)18-9-5-6-10-19(18)25/h5-6,9-14,16,23H,2-4,7-8H2,1H3,(H,26,27). The van der Waals surface area contributed by atoms with Gasteiger partial charge >= 0.3 is 0 Å². The number of nitrogens with one attached hydrogen (secondary N) is 1. The molecule has 2 aliphatic rings. The van der Waals surface area contributed by atoms with Crippen LogP contribution in [0.25, 0.3) is 11.3 Å². The minimum absolute atomic E-state index is 0.0223. The number of ether oxygens (including phenoxy) is 1. The molecule has 1 saturated carbocycles. The van der Waals surface area contributed by atoms with Crippen LogP contribution in [-0.4, -0.2) is 34.2 Å². The normalized spacial score (nSPS) is 19.2. The highest BCUT2D eigenvalue weighted by molar-refractivity contribution is 6.31. The van der Waals surface area contributed by atoms with Gasteiger partial charge in [0.1, 0.15) is 11.4 Å². The molecule has 1 aromatic heterocycles. The summed E-state index contributed by atoms with van der Waals surface area (Å²) in [6.07, 6.45) is 5.60. The van der Waals surface area contributed by atoms with Crippen LogP contribution in [0.5, 0.6) is 5.75 Å². The monoisotopic (exact) mass is 421 g/mol. The lowest BCUT2D eigenvalue weighted by Crippen LogP contribution is -2.40. The number of benzene rings is 2. The average molecular weight is 422 g/mol. The van der Waals surface area contributed by atoms with E-state index in [4.69, 9.17) is 16.3 Å². The van der Waals surface area contributed by atoms with Gasteiger partial charge in [-0.25, -0.2) is 0 Å². The quantitative estimate of drug-likeness (QED) is 0.595. The van der Waals surface area contributed by atoms with Crippen molar-refractivity contribution in [3.63, 3.8) is 0 Å². The minimum Gasteiger partial charge on any atom is -0.497 e. The first-order valence-electron chi connectivity index (χ1n) is 10.5. The molecule has 30 heavy (non-hydrogen) atoms. The van der Waals surface area contributed by atoms with Crippen molar-refractivity contribution in [2.24, 2.45) is 0 Å². The van der Waals surface area contributed by atoms with E-state index in [9.17, 15) is 4.79 Å². The molecule has 2 aromatic carbocycles. The number of hydrogen-bond donors (Lipinski definition) is 1. The fraction of sp³-hybridized carbons (Fsp3) is 0.333. The number of rotatable bonds is 4. The third kappa shape index (κ3) is 3.08. The number of hydrogen-bond acceptors (Lipinski definition) is 3. The predicted molar refractivity (Wildman–Crippen MR) is 117 cm³/mol. The molecule has 0 spiro atoms. The van der Waals surface area contributed by atoms with E-state index in [1.54, 1.807) is 7.11 Å². The summed E-state index contributed by atoms with van der Waals surface area (Å²) in [7, 11) is 1.65. The molecule has 154 valence electrons. The SMILES string of the molecule is COc1ccc(-c2n[nH]c3c2C(c2ccccc2Cl)N(C2CCCCC2)C3=O)cc1. The van der Waals surface area contributed by atoms with Crippen LogP contribution in [0.3, 0.4) is 0 Å². The van der Waals surface area contributed by atoms with E-state index in [1.807, 2.05) is 48.5 Å². The van der Waals surface area contributed by atoms with Gasteiger partial charge in [0, 0.05) is 22.2 Å². The van der Waals surface area contributed by atoms with Crippen LogP contribution in [-0.2, 0) is 0 Å². The average Bonchev–Trinajstić information content (AvgIpc) is 3.34. The third-order valence-electron chi connectivity index (χ3n) is 6.34. The van der Waals surface area contributed by atoms with Crippen LogP contribution >= 0.6 is 11.6 Å². The summed E-state index contributed by atoms with van der Waals surface area (Å²) in [5, 5.41) is 8.25. The van der Waals surface area contributed by atoms with Crippen molar-refractivity contribution in [3.8, 4) is 17.0 Å². The second kappa shape index (κ2) is 7.80. The summed E-state index contributed by atoms with van der Waals surface area (Å²) < 4.78 is 5.29. The molecular weight excluding hydrogens is 398 g/mol. The number of aromatic amines is 1. The Balaban J connectivity index is 1.66. The molecule has 0 radical (unpaired) electrons. The van der Waals surface area contributed by atoms with Crippen molar-refractivity contribution in [1.29, 1.82) is 0 Å².